The van der Waals surface area contributed by atoms with E-state index in [-0.39, 0.29) is 44.9 Å². The molecular weight excluding hydrogens is 461 g/mol. The van der Waals surface area contributed by atoms with E-state index in [0.717, 1.165) is 10.9 Å². The number of nitrogens with zero attached hydrogens (tertiary/aromatic N) is 7. The molecule has 0 atom stereocenters. The molecule has 0 aliphatic carbocycles. The number of nitrogens with one attached hydrogen (secondary N) is 1. The molecule has 1 amide bonds. The molecule has 4 aromatic rings. The zero-order valence-electron chi connectivity index (χ0n) is 16.2. The van der Waals surface area contributed by atoms with Gasteiger partial charge in [-0.1, -0.05) is 35.0 Å². The highest BCUT2D eigenvalue weighted by Gasteiger charge is 2.26. The number of non-ortho nitro benzene ring substituents is 1. The Morgan fingerprint density at radius 2 is 2.09 bits per heavy atom. The number of nitro groups is 1. The summed E-state index contributed by atoms with van der Waals surface area (Å²) in [5.41, 5.74) is 7.54. The molecule has 0 saturated carbocycles. The lowest BCUT2D eigenvalue weighted by Gasteiger charge is -2.06. The van der Waals surface area contributed by atoms with Crippen molar-refractivity contribution in [3.63, 3.8) is 0 Å². The minimum absolute atomic E-state index is 0.00211. The van der Waals surface area contributed by atoms with Crippen molar-refractivity contribution in [1.29, 1.82) is 0 Å². The van der Waals surface area contributed by atoms with Gasteiger partial charge in [0.15, 0.2) is 5.69 Å². The number of anilines is 1. The minimum Gasteiger partial charge on any atom is -0.378 e. The second kappa shape index (κ2) is 8.80. The number of amides is 1. The molecule has 15 heteroatoms. The van der Waals surface area contributed by atoms with Crippen LogP contribution in [-0.4, -0.2) is 42.4 Å². The summed E-state index contributed by atoms with van der Waals surface area (Å²) in [4.78, 5) is 23.4. The maximum absolute atomic E-state index is 13.9. The van der Waals surface area contributed by atoms with Gasteiger partial charge in [-0.25, -0.2) is 14.4 Å². The fourth-order valence-corrected chi connectivity index (χ4v) is 3.00. The third kappa shape index (κ3) is 4.22. The Morgan fingerprint density at radius 3 is 2.79 bits per heavy atom. The number of carbonyl (C=O) groups excluding carboxylic acids is 1. The molecule has 13 nitrogen and oxygen atoms in total. The number of carbonyl (C=O) groups is 1. The van der Waals surface area contributed by atoms with Crippen LogP contribution in [0.15, 0.2) is 52.2 Å². The number of aromatic nitrogens is 5. The van der Waals surface area contributed by atoms with Crippen LogP contribution in [0, 0.1) is 15.9 Å². The number of benzene rings is 2. The third-order valence-electron chi connectivity index (χ3n) is 4.27. The summed E-state index contributed by atoms with van der Waals surface area (Å²) in [5.74, 6) is -1.75. The standard InChI is InChI=1S/C18H11ClFN9O4/c19-12-5-2-6-13(20)11(12)8-22-24-18(30)14-15(9-3-1-4-10(7-9)29(31)32)28(27-23-14)17-16(21)25-33-26-17/h1-8H,(H2,21,25)(H,24,30). The molecule has 0 aliphatic heterocycles. The fourth-order valence-electron chi connectivity index (χ4n) is 2.79. The van der Waals surface area contributed by atoms with E-state index in [1.807, 2.05) is 0 Å². The Morgan fingerprint density at radius 1 is 1.30 bits per heavy atom. The molecule has 0 aliphatic rings. The van der Waals surface area contributed by atoms with Crippen LogP contribution in [-0.2, 0) is 0 Å². The number of hydrogen-bond donors (Lipinski definition) is 2. The monoisotopic (exact) mass is 471 g/mol. The average Bonchev–Trinajstić information content (AvgIpc) is 3.41. The molecule has 0 bridgehead atoms. The van der Waals surface area contributed by atoms with Crippen LogP contribution in [0.1, 0.15) is 16.1 Å². The first-order chi connectivity index (χ1) is 15.9. The van der Waals surface area contributed by atoms with E-state index >= 15 is 0 Å². The minimum atomic E-state index is -0.860. The topological polar surface area (TPSA) is 180 Å². The van der Waals surface area contributed by atoms with Crippen molar-refractivity contribution >= 4 is 35.2 Å². The van der Waals surface area contributed by atoms with Crippen molar-refractivity contribution in [3.05, 3.63) is 74.7 Å². The van der Waals surface area contributed by atoms with Crippen LogP contribution in [0.2, 0.25) is 5.02 Å². The van der Waals surface area contributed by atoms with Crippen molar-refractivity contribution in [2.45, 2.75) is 0 Å². The molecule has 2 heterocycles. The van der Waals surface area contributed by atoms with Gasteiger partial charge in [0, 0.05) is 23.3 Å². The van der Waals surface area contributed by atoms with E-state index in [1.54, 1.807) is 0 Å². The molecule has 2 aromatic carbocycles. The number of hydrogen-bond acceptors (Lipinski definition) is 10. The van der Waals surface area contributed by atoms with Crippen LogP contribution < -0.4 is 11.2 Å². The van der Waals surface area contributed by atoms with Crippen LogP contribution in [0.4, 0.5) is 15.9 Å². The smallest absolute Gasteiger partial charge is 0.294 e. The Labute approximate surface area is 187 Å². The van der Waals surface area contributed by atoms with Gasteiger partial charge in [-0.2, -0.15) is 9.78 Å². The van der Waals surface area contributed by atoms with Gasteiger partial charge in [-0.15, -0.1) is 5.10 Å². The lowest BCUT2D eigenvalue weighted by atomic mass is 10.1. The first kappa shape index (κ1) is 21.5. The molecule has 0 spiro atoms. The van der Waals surface area contributed by atoms with Crippen LogP contribution >= 0.6 is 11.6 Å². The Balaban J connectivity index is 1.74. The van der Waals surface area contributed by atoms with E-state index in [2.05, 4.69) is 35.8 Å². The van der Waals surface area contributed by atoms with E-state index in [4.69, 9.17) is 17.3 Å². The lowest BCUT2D eigenvalue weighted by Crippen LogP contribution is -2.19. The predicted octanol–water partition coefficient (Wildman–Crippen LogP) is 2.36. The molecule has 2 aromatic heterocycles. The summed E-state index contributed by atoms with van der Waals surface area (Å²) in [6.07, 6.45) is 1.02. The molecule has 0 saturated heterocycles. The molecule has 0 unspecified atom stereocenters. The summed E-state index contributed by atoms with van der Waals surface area (Å²) in [5, 5.41) is 29.7. The Hall–Kier alpha value is -4.72. The highest BCUT2D eigenvalue weighted by molar-refractivity contribution is 6.33. The second-order valence-corrected chi connectivity index (χ2v) is 6.72. The van der Waals surface area contributed by atoms with Gasteiger partial charge in [-0.3, -0.25) is 14.9 Å². The zero-order valence-corrected chi connectivity index (χ0v) is 17.0. The van der Waals surface area contributed by atoms with Crippen molar-refractivity contribution in [2.75, 3.05) is 5.73 Å². The van der Waals surface area contributed by atoms with Gasteiger partial charge in [0.05, 0.1) is 16.2 Å². The second-order valence-electron chi connectivity index (χ2n) is 6.31. The molecule has 33 heavy (non-hydrogen) atoms. The quantitative estimate of drug-likeness (QED) is 0.242. The number of nitrogens with two attached hydrogens (primary N) is 1. The highest BCUT2D eigenvalue weighted by atomic mass is 35.5. The summed E-state index contributed by atoms with van der Waals surface area (Å²) in [6, 6.07) is 9.43. The summed E-state index contributed by atoms with van der Waals surface area (Å²) >= 11 is 5.92. The van der Waals surface area contributed by atoms with Crippen molar-refractivity contribution in [2.24, 2.45) is 5.10 Å². The van der Waals surface area contributed by atoms with E-state index < -0.39 is 16.6 Å². The first-order valence-electron chi connectivity index (χ1n) is 8.93. The Bertz CT molecular complexity index is 1380. The SMILES string of the molecule is Nc1nonc1-n1nnc(C(=O)NN=Cc2c(F)cccc2Cl)c1-c1cccc([N+](=O)[O-])c1. The maximum Gasteiger partial charge on any atom is 0.294 e. The summed E-state index contributed by atoms with van der Waals surface area (Å²) < 4.78 is 19.5. The zero-order chi connectivity index (χ0) is 23.5. The summed E-state index contributed by atoms with van der Waals surface area (Å²) in [7, 11) is 0. The first-order valence-corrected chi connectivity index (χ1v) is 9.31. The van der Waals surface area contributed by atoms with Gasteiger partial charge >= 0.3 is 0 Å². The highest BCUT2D eigenvalue weighted by Crippen LogP contribution is 2.29. The number of hydrazone groups is 1. The van der Waals surface area contributed by atoms with E-state index in [1.165, 1.54) is 42.5 Å². The number of nitrogen functional groups attached to an aromatic ring is 1. The van der Waals surface area contributed by atoms with Crippen LogP contribution in [0.5, 0.6) is 0 Å². The van der Waals surface area contributed by atoms with Crippen molar-refractivity contribution < 1.29 is 18.7 Å². The summed E-state index contributed by atoms with van der Waals surface area (Å²) in [6.45, 7) is 0. The van der Waals surface area contributed by atoms with Gasteiger partial charge in [0.2, 0.25) is 11.6 Å². The predicted molar refractivity (Wildman–Crippen MR) is 112 cm³/mol. The van der Waals surface area contributed by atoms with Gasteiger partial charge in [0.1, 0.15) is 11.5 Å². The van der Waals surface area contributed by atoms with Crippen LogP contribution in [0.3, 0.4) is 0 Å². The molecule has 0 radical (unpaired) electrons. The number of nitro benzene ring substituents is 1. The van der Waals surface area contributed by atoms with Gasteiger partial charge in [0.25, 0.3) is 11.6 Å². The average molecular weight is 472 g/mol. The maximum atomic E-state index is 13.9. The van der Waals surface area contributed by atoms with Gasteiger partial charge in [-0.05, 0) is 22.4 Å². The van der Waals surface area contributed by atoms with Crippen molar-refractivity contribution in [3.8, 4) is 17.1 Å². The number of rotatable bonds is 6. The van der Waals surface area contributed by atoms with Gasteiger partial charge < -0.3 is 5.73 Å². The third-order valence-corrected chi connectivity index (χ3v) is 4.60. The number of halogens is 2. The molecule has 3 N–H and O–H groups in total. The van der Waals surface area contributed by atoms with E-state index in [0.29, 0.717) is 0 Å². The largest absolute Gasteiger partial charge is 0.378 e. The molecule has 166 valence electrons. The molecule has 4 rings (SSSR count). The normalized spacial score (nSPS) is 11.1. The van der Waals surface area contributed by atoms with Crippen LogP contribution in [0.25, 0.3) is 17.1 Å². The molecular formula is C18H11ClFN9O4. The van der Waals surface area contributed by atoms with E-state index in [9.17, 15) is 19.3 Å². The lowest BCUT2D eigenvalue weighted by molar-refractivity contribution is -0.384. The Kier molecular flexibility index (Phi) is 5.73. The molecule has 0 fully saturated rings. The van der Waals surface area contributed by atoms with Crippen molar-refractivity contribution in [1.82, 2.24) is 30.7 Å². The fraction of sp³-hybridized carbons (Fsp3) is 0.